The molecule has 2 aromatic heterocycles. The van der Waals surface area contributed by atoms with Crippen LogP contribution in [0.2, 0.25) is 0 Å². The van der Waals surface area contributed by atoms with E-state index in [-0.39, 0.29) is 23.6 Å². The zero-order valence-electron chi connectivity index (χ0n) is 20.1. The van der Waals surface area contributed by atoms with Crippen molar-refractivity contribution in [2.24, 2.45) is 5.92 Å². The summed E-state index contributed by atoms with van der Waals surface area (Å²) in [5.41, 5.74) is 2.18. The molecule has 1 fully saturated rings. The summed E-state index contributed by atoms with van der Waals surface area (Å²) in [5.74, 6) is -0.665. The van der Waals surface area contributed by atoms with Crippen LogP contribution in [0.15, 0.2) is 42.6 Å². The van der Waals surface area contributed by atoms with Crippen molar-refractivity contribution in [1.82, 2.24) is 9.55 Å². The highest BCUT2D eigenvalue weighted by molar-refractivity contribution is 6.11. The van der Waals surface area contributed by atoms with E-state index >= 15 is 0 Å². The lowest BCUT2D eigenvalue weighted by molar-refractivity contribution is -0.117. The number of aromatic nitrogens is 2. The van der Waals surface area contributed by atoms with E-state index in [1.165, 1.54) is 7.11 Å². The molecule has 8 nitrogen and oxygen atoms in total. The van der Waals surface area contributed by atoms with Crippen LogP contribution in [0.5, 0.6) is 0 Å². The first-order valence-corrected chi connectivity index (χ1v) is 11.6. The van der Waals surface area contributed by atoms with Crippen molar-refractivity contribution in [3.8, 4) is 0 Å². The third kappa shape index (κ3) is 5.39. The lowest BCUT2D eigenvalue weighted by Crippen LogP contribution is -2.29. The molecule has 0 saturated heterocycles. The van der Waals surface area contributed by atoms with Crippen molar-refractivity contribution >= 4 is 34.3 Å². The van der Waals surface area contributed by atoms with Gasteiger partial charge in [-0.15, -0.1) is 0 Å². The van der Waals surface area contributed by atoms with Crippen LogP contribution in [0, 0.1) is 5.92 Å². The number of amides is 1. The number of carbonyl (C=O) groups excluding carboxylic acids is 2. The summed E-state index contributed by atoms with van der Waals surface area (Å²) < 4.78 is 6.90. The van der Waals surface area contributed by atoms with Gasteiger partial charge in [0.25, 0.3) is 0 Å². The number of nitrogens with zero attached hydrogens (tertiary/aromatic N) is 2. The second kappa shape index (κ2) is 9.46. The van der Waals surface area contributed by atoms with Crippen LogP contribution in [0.4, 0.5) is 11.4 Å². The third-order valence-corrected chi connectivity index (χ3v) is 5.88. The highest BCUT2D eigenvalue weighted by Gasteiger charge is 2.33. The highest BCUT2D eigenvalue weighted by Crippen LogP contribution is 2.36. The van der Waals surface area contributed by atoms with Gasteiger partial charge in [-0.3, -0.25) is 4.79 Å². The number of benzene rings is 1. The Morgan fingerprint density at radius 2 is 1.97 bits per heavy atom. The SMILES string of the molecule is COC(=O)c1c(NC(=O)C2CC2)c2cc(N[C@H](C)CC(C)(C)O)cnc2n1Cc1ccccc1. The Bertz CT molecular complexity index is 1190. The van der Waals surface area contributed by atoms with Crippen molar-refractivity contribution < 1.29 is 19.4 Å². The Labute approximate surface area is 199 Å². The van der Waals surface area contributed by atoms with E-state index in [0.29, 0.717) is 29.7 Å². The monoisotopic (exact) mass is 464 g/mol. The van der Waals surface area contributed by atoms with Crippen molar-refractivity contribution in [1.29, 1.82) is 0 Å². The fourth-order valence-corrected chi connectivity index (χ4v) is 4.32. The number of ether oxygens (including phenoxy) is 1. The number of carbonyl (C=O) groups is 2. The molecular formula is C26H32N4O4. The van der Waals surface area contributed by atoms with Gasteiger partial charge in [-0.1, -0.05) is 30.3 Å². The van der Waals surface area contributed by atoms with Crippen molar-refractivity contribution in [2.45, 2.75) is 58.2 Å². The Hall–Kier alpha value is -3.39. The van der Waals surface area contributed by atoms with Crippen LogP contribution in [0.3, 0.4) is 0 Å². The molecule has 34 heavy (non-hydrogen) atoms. The molecular weight excluding hydrogens is 432 g/mol. The molecule has 2 heterocycles. The Morgan fingerprint density at radius 3 is 2.59 bits per heavy atom. The number of methoxy groups -OCH3 is 1. The van der Waals surface area contributed by atoms with Gasteiger partial charge in [0, 0.05) is 23.9 Å². The minimum absolute atomic E-state index is 0.0183. The quantitative estimate of drug-likeness (QED) is 0.410. The van der Waals surface area contributed by atoms with E-state index in [1.807, 2.05) is 43.3 Å². The summed E-state index contributed by atoms with van der Waals surface area (Å²) in [6.45, 7) is 5.92. The molecule has 0 radical (unpaired) electrons. The summed E-state index contributed by atoms with van der Waals surface area (Å²) >= 11 is 0. The lowest BCUT2D eigenvalue weighted by atomic mass is 10.0. The molecule has 8 heteroatoms. The summed E-state index contributed by atoms with van der Waals surface area (Å²) in [6.07, 6.45) is 3.94. The van der Waals surface area contributed by atoms with Gasteiger partial charge in [0.1, 0.15) is 5.65 Å². The molecule has 0 bridgehead atoms. The predicted octanol–water partition coefficient (Wildman–Crippen LogP) is 4.18. The number of fused-ring (bicyclic) bond motifs is 1. The minimum Gasteiger partial charge on any atom is -0.464 e. The highest BCUT2D eigenvalue weighted by atomic mass is 16.5. The molecule has 1 aliphatic carbocycles. The summed E-state index contributed by atoms with van der Waals surface area (Å²) in [7, 11) is 1.33. The maximum Gasteiger partial charge on any atom is 0.356 e. The van der Waals surface area contributed by atoms with Gasteiger partial charge in [-0.05, 0) is 51.7 Å². The minimum atomic E-state index is -0.815. The predicted molar refractivity (Wildman–Crippen MR) is 132 cm³/mol. The Morgan fingerprint density at radius 1 is 1.26 bits per heavy atom. The van der Waals surface area contributed by atoms with E-state index in [4.69, 9.17) is 4.74 Å². The molecule has 1 aliphatic rings. The van der Waals surface area contributed by atoms with Gasteiger partial charge in [-0.25, -0.2) is 9.78 Å². The number of nitrogens with one attached hydrogen (secondary N) is 2. The van der Waals surface area contributed by atoms with Crippen LogP contribution >= 0.6 is 0 Å². The summed E-state index contributed by atoms with van der Waals surface area (Å²) in [6, 6.07) is 11.6. The molecule has 0 aliphatic heterocycles. The van der Waals surface area contributed by atoms with Gasteiger partial charge in [0.15, 0.2) is 5.69 Å². The molecule has 1 atom stereocenters. The first-order chi connectivity index (χ1) is 16.2. The van der Waals surface area contributed by atoms with Crippen LogP contribution in [0.25, 0.3) is 11.0 Å². The molecule has 1 aromatic carbocycles. The second-order valence-corrected chi connectivity index (χ2v) is 9.71. The van der Waals surface area contributed by atoms with Crippen molar-refractivity contribution in [3.05, 3.63) is 53.9 Å². The first-order valence-electron chi connectivity index (χ1n) is 11.6. The maximum atomic E-state index is 12.9. The average molecular weight is 465 g/mol. The van der Waals surface area contributed by atoms with Crippen molar-refractivity contribution in [3.63, 3.8) is 0 Å². The van der Waals surface area contributed by atoms with Gasteiger partial charge < -0.3 is 25.0 Å². The smallest absolute Gasteiger partial charge is 0.356 e. The van der Waals surface area contributed by atoms with Gasteiger partial charge in [0.05, 0.1) is 30.3 Å². The Kier molecular flexibility index (Phi) is 6.61. The molecule has 0 unspecified atom stereocenters. The largest absolute Gasteiger partial charge is 0.464 e. The zero-order chi connectivity index (χ0) is 24.5. The van der Waals surface area contributed by atoms with E-state index in [0.717, 1.165) is 24.1 Å². The van der Waals surface area contributed by atoms with E-state index in [1.54, 1.807) is 24.6 Å². The van der Waals surface area contributed by atoms with Crippen LogP contribution < -0.4 is 10.6 Å². The molecule has 0 spiro atoms. The molecule has 1 saturated carbocycles. The normalized spacial score (nSPS) is 14.6. The standard InChI is InChI=1S/C26H32N4O4/c1-16(13-26(2,3)33)28-19-12-20-21(29-24(31)18-10-11-18)22(25(32)34-4)30(23(20)27-14-19)15-17-8-6-5-7-9-17/h5-9,12,14,16,18,28,33H,10-11,13,15H2,1-4H3,(H,29,31)/t16-/m1/s1. The fourth-order valence-electron chi connectivity index (χ4n) is 4.32. The number of anilines is 2. The van der Waals surface area contributed by atoms with Gasteiger partial charge >= 0.3 is 5.97 Å². The Balaban J connectivity index is 1.81. The van der Waals surface area contributed by atoms with E-state index < -0.39 is 11.6 Å². The number of esters is 1. The van der Waals surface area contributed by atoms with E-state index in [2.05, 4.69) is 15.6 Å². The number of pyridine rings is 1. The number of hydrogen-bond donors (Lipinski definition) is 3. The molecule has 1 amide bonds. The van der Waals surface area contributed by atoms with E-state index in [9.17, 15) is 14.7 Å². The number of rotatable bonds is 9. The van der Waals surface area contributed by atoms with Gasteiger partial charge in [-0.2, -0.15) is 0 Å². The topological polar surface area (TPSA) is 105 Å². The first kappa shape index (κ1) is 23.8. The molecule has 3 aromatic rings. The number of aliphatic hydroxyl groups is 1. The fraction of sp³-hybridized carbons (Fsp3) is 0.423. The van der Waals surface area contributed by atoms with Crippen LogP contribution in [-0.2, 0) is 16.1 Å². The number of hydrogen-bond acceptors (Lipinski definition) is 6. The zero-order valence-corrected chi connectivity index (χ0v) is 20.1. The summed E-state index contributed by atoms with van der Waals surface area (Å²) in [4.78, 5) is 30.3. The van der Waals surface area contributed by atoms with Crippen LogP contribution in [-0.4, -0.2) is 45.3 Å². The average Bonchev–Trinajstić information content (AvgIpc) is 3.59. The molecule has 180 valence electrons. The lowest BCUT2D eigenvalue weighted by Gasteiger charge is -2.23. The summed E-state index contributed by atoms with van der Waals surface area (Å²) in [5, 5.41) is 17.2. The van der Waals surface area contributed by atoms with Crippen LogP contribution in [0.1, 0.15) is 56.1 Å². The van der Waals surface area contributed by atoms with Gasteiger partial charge in [0.2, 0.25) is 5.91 Å². The second-order valence-electron chi connectivity index (χ2n) is 9.71. The third-order valence-electron chi connectivity index (χ3n) is 5.88. The molecule has 4 rings (SSSR count). The maximum absolute atomic E-state index is 12.9. The molecule has 3 N–H and O–H groups in total. The van der Waals surface area contributed by atoms with Crippen molar-refractivity contribution in [2.75, 3.05) is 17.7 Å².